The largest absolute Gasteiger partial charge is 0.350 e. The zero-order valence-corrected chi connectivity index (χ0v) is 17.1. The molecule has 1 unspecified atom stereocenters. The lowest BCUT2D eigenvalue weighted by Gasteiger charge is -2.24. The third-order valence-electron chi connectivity index (χ3n) is 4.83. The van der Waals surface area contributed by atoms with E-state index in [9.17, 15) is 13.2 Å². The monoisotopic (exact) mass is 419 g/mol. The van der Waals surface area contributed by atoms with Crippen LogP contribution in [0.5, 0.6) is 0 Å². The fraction of sp³-hybridized carbons (Fsp3) is 0.588. The predicted octanol–water partition coefficient (Wildman–Crippen LogP) is 2.65. The van der Waals surface area contributed by atoms with Gasteiger partial charge >= 0.3 is 0 Å². The van der Waals surface area contributed by atoms with Gasteiger partial charge in [-0.15, -0.1) is 0 Å². The Morgan fingerprint density at radius 3 is 2.46 bits per heavy atom. The van der Waals surface area contributed by atoms with E-state index in [4.69, 9.17) is 23.2 Å². The number of halogens is 2. The summed E-state index contributed by atoms with van der Waals surface area (Å²) in [5, 5.41) is 2.96. The number of hydrogen-bond acceptors (Lipinski definition) is 4. The van der Waals surface area contributed by atoms with Crippen LogP contribution >= 0.6 is 23.2 Å². The number of carbonyl (C=O) groups is 1. The van der Waals surface area contributed by atoms with Crippen molar-refractivity contribution in [2.45, 2.75) is 55.6 Å². The van der Waals surface area contributed by atoms with E-state index in [1.54, 1.807) is 0 Å². The molecule has 1 atom stereocenters. The van der Waals surface area contributed by atoms with Gasteiger partial charge in [0.15, 0.2) is 0 Å². The summed E-state index contributed by atoms with van der Waals surface area (Å²) in [6.07, 6.45) is 3.99. The molecule has 0 aromatic heterocycles. The van der Waals surface area contributed by atoms with E-state index in [0.29, 0.717) is 12.6 Å². The molecule has 0 aliphatic heterocycles. The molecule has 1 amide bonds. The molecule has 0 radical (unpaired) electrons. The summed E-state index contributed by atoms with van der Waals surface area (Å²) in [7, 11) is -1.74. The van der Waals surface area contributed by atoms with Gasteiger partial charge in [-0.25, -0.2) is 13.1 Å². The SMILES string of the molecule is CC(CNC(=O)c1cc(S(=O)(=O)NC2CC2)c(Cl)cc1Cl)N(C)C1CC1. The van der Waals surface area contributed by atoms with Crippen molar-refractivity contribution in [3.8, 4) is 0 Å². The van der Waals surface area contributed by atoms with Crippen LogP contribution in [0.25, 0.3) is 0 Å². The van der Waals surface area contributed by atoms with Gasteiger partial charge in [-0.3, -0.25) is 9.69 Å². The lowest BCUT2D eigenvalue weighted by atomic mass is 10.2. The molecule has 0 heterocycles. The molecule has 1 aromatic carbocycles. The number of amides is 1. The fourth-order valence-corrected chi connectivity index (χ4v) is 4.88. The number of sulfonamides is 1. The summed E-state index contributed by atoms with van der Waals surface area (Å²) in [5.74, 6) is -0.411. The lowest BCUT2D eigenvalue weighted by Crippen LogP contribution is -2.41. The second-order valence-corrected chi connectivity index (χ2v) is 9.61. The first-order valence-electron chi connectivity index (χ1n) is 8.70. The van der Waals surface area contributed by atoms with Crippen molar-refractivity contribution in [3.05, 3.63) is 27.7 Å². The van der Waals surface area contributed by atoms with Crippen molar-refractivity contribution in [3.63, 3.8) is 0 Å². The fourth-order valence-electron chi connectivity index (χ4n) is 2.71. The third-order valence-corrected chi connectivity index (χ3v) is 7.13. The zero-order valence-electron chi connectivity index (χ0n) is 14.8. The van der Waals surface area contributed by atoms with E-state index in [2.05, 4.69) is 14.9 Å². The van der Waals surface area contributed by atoms with Gasteiger partial charge in [0.2, 0.25) is 10.0 Å². The molecule has 2 saturated carbocycles. The number of rotatable bonds is 8. The van der Waals surface area contributed by atoms with Gasteiger partial charge in [0, 0.05) is 24.7 Å². The van der Waals surface area contributed by atoms with Crippen molar-refractivity contribution in [1.29, 1.82) is 0 Å². The van der Waals surface area contributed by atoms with Gasteiger partial charge in [-0.05, 0) is 51.8 Å². The quantitative estimate of drug-likeness (QED) is 0.678. The molecule has 3 rings (SSSR count). The van der Waals surface area contributed by atoms with Crippen LogP contribution in [0.2, 0.25) is 10.0 Å². The highest BCUT2D eigenvalue weighted by atomic mass is 35.5. The number of nitrogens with one attached hydrogen (secondary N) is 2. The second-order valence-electron chi connectivity index (χ2n) is 7.11. The van der Waals surface area contributed by atoms with E-state index < -0.39 is 15.9 Å². The lowest BCUT2D eigenvalue weighted by molar-refractivity contribution is 0.0939. The van der Waals surface area contributed by atoms with Crippen LogP contribution in [0, 0.1) is 0 Å². The molecule has 6 nitrogen and oxygen atoms in total. The Kier molecular flexibility index (Phi) is 5.84. The number of likely N-dealkylation sites (N-methyl/N-ethyl adjacent to an activating group) is 1. The van der Waals surface area contributed by atoms with Crippen molar-refractivity contribution >= 4 is 39.1 Å². The van der Waals surface area contributed by atoms with Crippen LogP contribution < -0.4 is 10.0 Å². The highest BCUT2D eigenvalue weighted by Gasteiger charge is 2.31. The molecular weight excluding hydrogens is 397 g/mol. The topological polar surface area (TPSA) is 78.5 Å². The van der Waals surface area contributed by atoms with E-state index in [1.165, 1.54) is 25.0 Å². The van der Waals surface area contributed by atoms with Gasteiger partial charge in [0.1, 0.15) is 4.90 Å². The first kappa shape index (κ1) is 19.9. The van der Waals surface area contributed by atoms with E-state index in [0.717, 1.165) is 12.8 Å². The van der Waals surface area contributed by atoms with Gasteiger partial charge in [0.05, 0.1) is 15.6 Å². The minimum absolute atomic E-state index is 0.00142. The number of benzene rings is 1. The van der Waals surface area contributed by atoms with Gasteiger partial charge < -0.3 is 5.32 Å². The molecule has 2 fully saturated rings. The molecule has 2 aliphatic rings. The highest BCUT2D eigenvalue weighted by Crippen LogP contribution is 2.31. The minimum atomic E-state index is -3.78. The van der Waals surface area contributed by atoms with Gasteiger partial charge in [-0.1, -0.05) is 23.2 Å². The highest BCUT2D eigenvalue weighted by molar-refractivity contribution is 7.89. The average Bonchev–Trinajstić information content (AvgIpc) is 3.44. The molecule has 26 heavy (non-hydrogen) atoms. The molecular formula is C17H23Cl2N3O3S. The van der Waals surface area contributed by atoms with Crippen molar-refractivity contribution in [1.82, 2.24) is 14.9 Å². The first-order chi connectivity index (χ1) is 12.2. The van der Waals surface area contributed by atoms with Crippen LogP contribution in [0.15, 0.2) is 17.0 Å². The summed E-state index contributed by atoms with van der Waals surface area (Å²) in [5.41, 5.74) is 0.105. The number of hydrogen-bond donors (Lipinski definition) is 2. The smallest absolute Gasteiger partial charge is 0.252 e. The second kappa shape index (κ2) is 7.64. The number of nitrogens with zero attached hydrogens (tertiary/aromatic N) is 1. The minimum Gasteiger partial charge on any atom is -0.350 e. The Hall–Kier alpha value is -0.860. The first-order valence-corrected chi connectivity index (χ1v) is 10.9. The summed E-state index contributed by atoms with van der Waals surface area (Å²) < 4.78 is 27.5. The Morgan fingerprint density at radius 2 is 1.88 bits per heavy atom. The van der Waals surface area contributed by atoms with E-state index in [-0.39, 0.29) is 32.6 Å². The maximum absolute atomic E-state index is 12.5. The average molecular weight is 420 g/mol. The van der Waals surface area contributed by atoms with Crippen LogP contribution in [0.4, 0.5) is 0 Å². The molecule has 0 saturated heterocycles. The summed E-state index contributed by atoms with van der Waals surface area (Å²) in [6.45, 7) is 2.49. The van der Waals surface area contributed by atoms with E-state index >= 15 is 0 Å². The normalized spacial score (nSPS) is 18.8. The Morgan fingerprint density at radius 1 is 1.23 bits per heavy atom. The molecule has 144 valence electrons. The Labute approximate surface area is 164 Å². The van der Waals surface area contributed by atoms with Crippen molar-refractivity contribution in [2.75, 3.05) is 13.6 Å². The zero-order chi connectivity index (χ0) is 19.1. The maximum atomic E-state index is 12.5. The molecule has 2 N–H and O–H groups in total. The van der Waals surface area contributed by atoms with Gasteiger partial charge in [-0.2, -0.15) is 0 Å². The van der Waals surface area contributed by atoms with E-state index in [1.807, 2.05) is 14.0 Å². The third kappa shape index (κ3) is 4.70. The van der Waals surface area contributed by atoms with Crippen LogP contribution in [-0.2, 0) is 10.0 Å². The number of carbonyl (C=O) groups excluding carboxylic acids is 1. The Balaban J connectivity index is 1.73. The Bertz CT molecular complexity index is 808. The molecule has 1 aromatic rings. The standard InChI is InChI=1S/C17H23Cl2N3O3S/c1-10(22(2)12-5-6-12)9-20-17(23)13-7-16(15(19)8-14(13)18)26(24,25)21-11-3-4-11/h7-8,10-12,21H,3-6,9H2,1-2H3,(H,20,23). The maximum Gasteiger partial charge on any atom is 0.252 e. The summed E-state index contributed by atoms with van der Waals surface area (Å²) >= 11 is 12.2. The predicted molar refractivity (Wildman–Crippen MR) is 102 cm³/mol. The van der Waals surface area contributed by atoms with Crippen molar-refractivity contribution in [2.24, 2.45) is 0 Å². The molecule has 2 aliphatic carbocycles. The summed E-state index contributed by atoms with van der Waals surface area (Å²) in [6, 6.07) is 3.27. The van der Waals surface area contributed by atoms with Crippen LogP contribution in [0.1, 0.15) is 43.0 Å². The summed E-state index contributed by atoms with van der Waals surface area (Å²) in [4.78, 5) is 14.6. The van der Waals surface area contributed by atoms with Gasteiger partial charge in [0.25, 0.3) is 5.91 Å². The van der Waals surface area contributed by atoms with Crippen molar-refractivity contribution < 1.29 is 13.2 Å². The molecule has 0 spiro atoms. The van der Waals surface area contributed by atoms with Crippen LogP contribution in [0.3, 0.4) is 0 Å². The molecule has 0 bridgehead atoms. The molecule has 9 heteroatoms. The van der Waals surface area contributed by atoms with Crippen LogP contribution in [-0.4, -0.2) is 50.9 Å².